The highest BCUT2D eigenvalue weighted by atomic mass is 32.2. The zero-order valence-corrected chi connectivity index (χ0v) is 13.8. The van der Waals surface area contributed by atoms with Gasteiger partial charge >= 0.3 is 5.97 Å². The SMILES string of the molecule is CC1CCN(CCNS(=O)(=O)c2cc(C(=O)O)n(C)c2)CC1. The predicted octanol–water partition coefficient (Wildman–Crippen LogP) is 0.734. The van der Waals surface area contributed by atoms with E-state index < -0.39 is 16.0 Å². The number of likely N-dealkylation sites (tertiary alicyclic amines) is 1. The molecule has 7 nitrogen and oxygen atoms in total. The molecular formula is C14H23N3O4S. The Labute approximate surface area is 131 Å². The Balaban J connectivity index is 1.91. The van der Waals surface area contributed by atoms with Crippen LogP contribution in [0.15, 0.2) is 17.2 Å². The largest absolute Gasteiger partial charge is 0.477 e. The minimum atomic E-state index is -3.67. The summed E-state index contributed by atoms with van der Waals surface area (Å²) in [6.45, 7) is 5.23. The molecule has 0 spiro atoms. The average molecular weight is 329 g/mol. The van der Waals surface area contributed by atoms with Crippen molar-refractivity contribution in [2.45, 2.75) is 24.7 Å². The molecule has 2 N–H and O–H groups in total. The minimum Gasteiger partial charge on any atom is -0.477 e. The third-order valence-corrected chi connectivity index (χ3v) is 5.53. The van der Waals surface area contributed by atoms with Crippen molar-refractivity contribution in [3.63, 3.8) is 0 Å². The molecule has 0 aliphatic carbocycles. The summed E-state index contributed by atoms with van der Waals surface area (Å²) in [6.07, 6.45) is 3.61. The summed E-state index contributed by atoms with van der Waals surface area (Å²) in [5.74, 6) is -0.405. The molecule has 8 heteroatoms. The zero-order chi connectivity index (χ0) is 16.3. The number of carbonyl (C=O) groups is 1. The van der Waals surface area contributed by atoms with Crippen molar-refractivity contribution < 1.29 is 18.3 Å². The van der Waals surface area contributed by atoms with Crippen LogP contribution in [0.5, 0.6) is 0 Å². The van der Waals surface area contributed by atoms with Gasteiger partial charge in [0.05, 0.1) is 0 Å². The van der Waals surface area contributed by atoms with Gasteiger partial charge in [-0.15, -0.1) is 0 Å². The van der Waals surface area contributed by atoms with Crippen LogP contribution in [0.4, 0.5) is 0 Å². The van der Waals surface area contributed by atoms with E-state index in [2.05, 4.69) is 16.5 Å². The Hall–Kier alpha value is -1.38. The Morgan fingerprint density at radius 1 is 1.41 bits per heavy atom. The number of nitrogens with one attached hydrogen (secondary N) is 1. The molecule has 1 saturated heterocycles. The Kier molecular flexibility index (Phi) is 5.25. The number of aromatic nitrogens is 1. The van der Waals surface area contributed by atoms with Gasteiger partial charge in [0.2, 0.25) is 10.0 Å². The predicted molar refractivity (Wildman–Crippen MR) is 82.4 cm³/mol. The first-order valence-corrected chi connectivity index (χ1v) is 8.89. The molecule has 2 heterocycles. The number of sulfonamides is 1. The van der Waals surface area contributed by atoms with E-state index in [0.29, 0.717) is 13.1 Å². The molecule has 1 fully saturated rings. The maximum Gasteiger partial charge on any atom is 0.352 e. The van der Waals surface area contributed by atoms with Crippen molar-refractivity contribution in [3.05, 3.63) is 18.0 Å². The number of hydrogen-bond donors (Lipinski definition) is 2. The maximum atomic E-state index is 12.2. The second kappa shape index (κ2) is 6.80. The summed E-state index contributed by atoms with van der Waals surface area (Å²) in [7, 11) is -2.16. The van der Waals surface area contributed by atoms with E-state index >= 15 is 0 Å². The highest BCUT2D eigenvalue weighted by molar-refractivity contribution is 7.89. The molecule has 1 aliphatic heterocycles. The van der Waals surface area contributed by atoms with Gasteiger partial charge in [0, 0.05) is 26.3 Å². The Bertz CT molecular complexity index is 631. The van der Waals surface area contributed by atoms with Crippen LogP contribution in [0.25, 0.3) is 0 Å². The molecule has 0 bridgehead atoms. The first kappa shape index (κ1) is 17.0. The normalized spacial score (nSPS) is 17.7. The van der Waals surface area contributed by atoms with Gasteiger partial charge in [-0.25, -0.2) is 17.9 Å². The van der Waals surface area contributed by atoms with Gasteiger partial charge in [0.1, 0.15) is 10.6 Å². The standard InChI is InChI=1S/C14H23N3O4S/c1-11-3-6-17(7-4-11)8-5-15-22(20,21)12-9-13(14(18)19)16(2)10-12/h9-11,15H,3-8H2,1-2H3,(H,18,19). The van der Waals surface area contributed by atoms with Crippen molar-refractivity contribution >= 4 is 16.0 Å². The van der Waals surface area contributed by atoms with E-state index in [1.807, 2.05) is 0 Å². The highest BCUT2D eigenvalue weighted by Crippen LogP contribution is 2.16. The maximum absolute atomic E-state index is 12.2. The van der Waals surface area contributed by atoms with Crippen molar-refractivity contribution in [3.8, 4) is 0 Å². The molecule has 0 radical (unpaired) electrons. The number of hydrogen-bond acceptors (Lipinski definition) is 4. The van der Waals surface area contributed by atoms with Crippen molar-refractivity contribution in [2.24, 2.45) is 13.0 Å². The van der Waals surface area contributed by atoms with Gasteiger partial charge in [-0.05, 0) is 37.9 Å². The topological polar surface area (TPSA) is 91.6 Å². The number of aromatic carboxylic acids is 1. The van der Waals surface area contributed by atoms with E-state index in [4.69, 9.17) is 5.11 Å². The summed E-state index contributed by atoms with van der Waals surface area (Å²) >= 11 is 0. The van der Waals surface area contributed by atoms with Crippen LogP contribution in [0.1, 0.15) is 30.3 Å². The lowest BCUT2D eigenvalue weighted by Gasteiger charge is -2.30. The number of carboxylic acid groups (broad SMARTS) is 1. The molecule has 1 aromatic rings. The van der Waals surface area contributed by atoms with Gasteiger partial charge in [-0.3, -0.25) is 0 Å². The molecule has 0 saturated carbocycles. The van der Waals surface area contributed by atoms with Crippen molar-refractivity contribution in [1.82, 2.24) is 14.2 Å². The van der Waals surface area contributed by atoms with Gasteiger partial charge < -0.3 is 14.6 Å². The van der Waals surface area contributed by atoms with Crippen LogP contribution >= 0.6 is 0 Å². The number of rotatable bonds is 6. The fraction of sp³-hybridized carbons (Fsp3) is 0.643. The first-order chi connectivity index (χ1) is 10.3. The van der Waals surface area contributed by atoms with Crippen LogP contribution in [0.3, 0.4) is 0 Å². The first-order valence-electron chi connectivity index (χ1n) is 7.41. The van der Waals surface area contributed by atoms with Crippen LogP contribution in [-0.4, -0.2) is 55.1 Å². The lowest BCUT2D eigenvalue weighted by molar-refractivity contribution is 0.0686. The minimum absolute atomic E-state index is 0.0142. The third-order valence-electron chi connectivity index (χ3n) is 4.11. The summed E-state index contributed by atoms with van der Waals surface area (Å²) in [5.41, 5.74) is -0.0506. The number of piperidine rings is 1. The van der Waals surface area contributed by atoms with Crippen molar-refractivity contribution in [2.75, 3.05) is 26.2 Å². The van der Waals surface area contributed by atoms with Crippen LogP contribution in [0, 0.1) is 5.92 Å². The zero-order valence-electron chi connectivity index (χ0n) is 12.9. The van der Waals surface area contributed by atoms with E-state index in [-0.39, 0.29) is 10.6 Å². The molecule has 1 aliphatic rings. The van der Waals surface area contributed by atoms with Crippen molar-refractivity contribution in [1.29, 1.82) is 0 Å². The van der Waals surface area contributed by atoms with Crippen LogP contribution in [-0.2, 0) is 17.1 Å². The van der Waals surface area contributed by atoms with Gasteiger partial charge in [0.25, 0.3) is 0 Å². The van der Waals surface area contributed by atoms with Gasteiger partial charge in [-0.2, -0.15) is 0 Å². The number of nitrogens with zero attached hydrogens (tertiary/aromatic N) is 2. The molecule has 1 aromatic heterocycles. The summed E-state index contributed by atoms with van der Waals surface area (Å²) in [5, 5.41) is 8.97. The summed E-state index contributed by atoms with van der Waals surface area (Å²) < 4.78 is 28.2. The fourth-order valence-electron chi connectivity index (χ4n) is 2.60. The second-order valence-corrected chi connectivity index (χ2v) is 7.67. The molecule has 0 atom stereocenters. The van der Waals surface area contributed by atoms with Gasteiger partial charge in [-0.1, -0.05) is 6.92 Å². The molecule has 124 valence electrons. The third kappa shape index (κ3) is 4.08. The molecule has 0 amide bonds. The second-order valence-electron chi connectivity index (χ2n) is 5.90. The highest BCUT2D eigenvalue weighted by Gasteiger charge is 2.21. The van der Waals surface area contributed by atoms with E-state index in [9.17, 15) is 13.2 Å². The average Bonchev–Trinajstić information content (AvgIpc) is 2.84. The fourth-order valence-corrected chi connectivity index (χ4v) is 3.69. The quantitative estimate of drug-likeness (QED) is 0.803. The monoisotopic (exact) mass is 329 g/mol. The smallest absolute Gasteiger partial charge is 0.352 e. The molecule has 0 aromatic carbocycles. The van der Waals surface area contributed by atoms with Crippen LogP contribution < -0.4 is 4.72 Å². The van der Waals surface area contributed by atoms with E-state index in [1.165, 1.54) is 23.9 Å². The number of aryl methyl sites for hydroxylation is 1. The van der Waals surface area contributed by atoms with E-state index in [0.717, 1.165) is 31.8 Å². The summed E-state index contributed by atoms with van der Waals surface area (Å²) in [4.78, 5) is 13.2. The van der Waals surface area contributed by atoms with E-state index in [1.54, 1.807) is 0 Å². The number of carboxylic acids is 1. The lowest BCUT2D eigenvalue weighted by Crippen LogP contribution is -2.39. The Morgan fingerprint density at radius 3 is 2.59 bits per heavy atom. The molecular weight excluding hydrogens is 306 g/mol. The van der Waals surface area contributed by atoms with Gasteiger partial charge in [0.15, 0.2) is 0 Å². The molecule has 2 rings (SSSR count). The summed E-state index contributed by atoms with van der Waals surface area (Å²) in [6, 6.07) is 1.17. The Morgan fingerprint density at radius 2 is 2.05 bits per heavy atom. The molecule has 22 heavy (non-hydrogen) atoms. The van der Waals surface area contributed by atoms with Crippen LogP contribution in [0.2, 0.25) is 0 Å². The molecule has 0 unspecified atom stereocenters. The lowest BCUT2D eigenvalue weighted by atomic mass is 9.99.